The molecule has 0 saturated carbocycles. The Kier molecular flexibility index (Phi) is 4.65. The number of carboxylic acids is 1. The molecule has 0 heterocycles. The lowest BCUT2D eigenvalue weighted by Gasteiger charge is -2.29. The van der Waals surface area contributed by atoms with Crippen molar-refractivity contribution in [3.05, 3.63) is 33.6 Å². The normalized spacial score (nSPS) is 12.3. The molecule has 0 saturated heterocycles. The van der Waals surface area contributed by atoms with Gasteiger partial charge in [0.05, 0.1) is 16.6 Å². The lowest BCUT2D eigenvalue weighted by Crippen LogP contribution is -2.33. The fourth-order valence-electron chi connectivity index (χ4n) is 1.81. The average Bonchev–Trinajstić information content (AvgIpc) is 2.35. The number of nitro groups is 1. The molecule has 1 N–H and O–H groups in total. The van der Waals surface area contributed by atoms with Crippen LogP contribution >= 0.6 is 0 Å². The Morgan fingerprint density at radius 2 is 1.95 bits per heavy atom. The highest BCUT2D eigenvalue weighted by Crippen LogP contribution is 2.32. The van der Waals surface area contributed by atoms with Crippen LogP contribution in [0.1, 0.15) is 31.1 Å². The maximum atomic E-state index is 13.6. The van der Waals surface area contributed by atoms with Crippen LogP contribution < -0.4 is 4.90 Å². The SMILES string of the molecule is CC(C)C(C)N(C)c1cc(C(=O)O)c(F)cc1[N+](=O)[O-]. The molecule has 6 nitrogen and oxygen atoms in total. The summed E-state index contributed by atoms with van der Waals surface area (Å²) in [6.45, 7) is 5.74. The highest BCUT2D eigenvalue weighted by atomic mass is 19.1. The van der Waals surface area contributed by atoms with Crippen LogP contribution in [0.4, 0.5) is 15.8 Å². The van der Waals surface area contributed by atoms with Gasteiger partial charge in [-0.15, -0.1) is 0 Å². The van der Waals surface area contributed by atoms with Crippen molar-refractivity contribution in [3.63, 3.8) is 0 Å². The molecule has 0 amide bonds. The minimum Gasteiger partial charge on any atom is -0.478 e. The molecule has 0 spiro atoms. The van der Waals surface area contributed by atoms with E-state index in [-0.39, 0.29) is 17.6 Å². The molecule has 0 radical (unpaired) electrons. The van der Waals surface area contributed by atoms with Gasteiger partial charge in [-0.1, -0.05) is 13.8 Å². The van der Waals surface area contributed by atoms with Gasteiger partial charge in [0, 0.05) is 13.1 Å². The van der Waals surface area contributed by atoms with E-state index < -0.39 is 28.0 Å². The van der Waals surface area contributed by atoms with Gasteiger partial charge in [0.1, 0.15) is 11.5 Å². The van der Waals surface area contributed by atoms with Gasteiger partial charge in [-0.3, -0.25) is 10.1 Å². The number of rotatable bonds is 5. The van der Waals surface area contributed by atoms with Gasteiger partial charge in [-0.2, -0.15) is 0 Å². The van der Waals surface area contributed by atoms with Gasteiger partial charge in [0.2, 0.25) is 0 Å². The molecule has 0 aliphatic carbocycles. The average molecular weight is 284 g/mol. The molecule has 0 aromatic heterocycles. The van der Waals surface area contributed by atoms with Crippen LogP contribution in [0.3, 0.4) is 0 Å². The molecule has 1 unspecified atom stereocenters. The van der Waals surface area contributed by atoms with Crippen molar-refractivity contribution >= 4 is 17.3 Å². The molecule has 1 aromatic carbocycles. The summed E-state index contributed by atoms with van der Waals surface area (Å²) >= 11 is 0. The van der Waals surface area contributed by atoms with Crippen LogP contribution in [-0.4, -0.2) is 29.1 Å². The molecule has 0 bridgehead atoms. The summed E-state index contributed by atoms with van der Waals surface area (Å²) in [4.78, 5) is 22.8. The Morgan fingerprint density at radius 1 is 1.40 bits per heavy atom. The number of benzene rings is 1. The number of anilines is 1. The fraction of sp³-hybridized carbons (Fsp3) is 0.462. The van der Waals surface area contributed by atoms with Crippen molar-refractivity contribution in [2.75, 3.05) is 11.9 Å². The smallest absolute Gasteiger partial charge is 0.338 e. The molecule has 110 valence electrons. The predicted octanol–water partition coefficient (Wildman–Crippen LogP) is 2.91. The molecule has 0 aliphatic heterocycles. The summed E-state index contributed by atoms with van der Waals surface area (Å²) in [5.41, 5.74) is -0.925. The van der Waals surface area contributed by atoms with E-state index in [1.165, 1.54) is 0 Å². The molecular formula is C13H17FN2O4. The number of hydrogen-bond donors (Lipinski definition) is 1. The van der Waals surface area contributed by atoms with Crippen molar-refractivity contribution in [1.29, 1.82) is 0 Å². The Bertz CT molecular complexity index is 545. The zero-order valence-electron chi connectivity index (χ0n) is 11.8. The van der Waals surface area contributed by atoms with Crippen molar-refractivity contribution in [1.82, 2.24) is 0 Å². The second-order valence-electron chi connectivity index (χ2n) is 4.98. The third-order valence-corrected chi connectivity index (χ3v) is 3.45. The Balaban J connectivity index is 3.45. The van der Waals surface area contributed by atoms with Crippen molar-refractivity contribution in [3.8, 4) is 0 Å². The van der Waals surface area contributed by atoms with Gasteiger partial charge < -0.3 is 10.0 Å². The first-order valence-electron chi connectivity index (χ1n) is 6.10. The van der Waals surface area contributed by atoms with Gasteiger partial charge in [0.25, 0.3) is 5.69 Å². The van der Waals surface area contributed by atoms with Gasteiger partial charge in [-0.05, 0) is 18.9 Å². The van der Waals surface area contributed by atoms with Crippen LogP contribution in [-0.2, 0) is 0 Å². The fourth-order valence-corrected chi connectivity index (χ4v) is 1.81. The minimum absolute atomic E-state index is 0.0687. The summed E-state index contributed by atoms with van der Waals surface area (Å²) in [6.07, 6.45) is 0. The Hall–Kier alpha value is -2.18. The van der Waals surface area contributed by atoms with E-state index in [0.717, 1.165) is 6.07 Å². The van der Waals surface area contributed by atoms with Crippen LogP contribution in [0, 0.1) is 21.8 Å². The molecule has 1 aromatic rings. The lowest BCUT2D eigenvalue weighted by molar-refractivity contribution is -0.384. The maximum Gasteiger partial charge on any atom is 0.338 e. The van der Waals surface area contributed by atoms with E-state index in [2.05, 4.69) is 0 Å². The molecule has 0 aliphatic rings. The Labute approximate surface area is 116 Å². The van der Waals surface area contributed by atoms with E-state index in [9.17, 15) is 19.3 Å². The molecular weight excluding hydrogens is 267 g/mol. The largest absolute Gasteiger partial charge is 0.478 e. The number of halogens is 1. The van der Waals surface area contributed by atoms with E-state index in [4.69, 9.17) is 5.11 Å². The number of hydrogen-bond acceptors (Lipinski definition) is 4. The van der Waals surface area contributed by atoms with Crippen LogP contribution in [0.5, 0.6) is 0 Å². The van der Waals surface area contributed by atoms with Crippen LogP contribution in [0.25, 0.3) is 0 Å². The molecule has 7 heteroatoms. The first kappa shape index (κ1) is 15.9. The zero-order valence-corrected chi connectivity index (χ0v) is 11.8. The first-order chi connectivity index (χ1) is 9.16. The third kappa shape index (κ3) is 3.04. The zero-order chi connectivity index (χ0) is 15.6. The van der Waals surface area contributed by atoms with Crippen molar-refractivity contribution < 1.29 is 19.2 Å². The summed E-state index contributed by atoms with van der Waals surface area (Å²) in [6, 6.07) is 1.60. The molecule has 1 atom stereocenters. The monoisotopic (exact) mass is 284 g/mol. The van der Waals surface area contributed by atoms with Crippen molar-refractivity contribution in [2.24, 2.45) is 5.92 Å². The third-order valence-electron chi connectivity index (χ3n) is 3.45. The van der Waals surface area contributed by atoms with Crippen molar-refractivity contribution in [2.45, 2.75) is 26.8 Å². The highest BCUT2D eigenvalue weighted by Gasteiger charge is 2.26. The molecule has 20 heavy (non-hydrogen) atoms. The van der Waals surface area contributed by atoms with E-state index in [1.54, 1.807) is 11.9 Å². The summed E-state index contributed by atoms with van der Waals surface area (Å²) < 4.78 is 13.6. The number of carboxylic acid groups (broad SMARTS) is 1. The van der Waals surface area contributed by atoms with Gasteiger partial charge >= 0.3 is 5.97 Å². The summed E-state index contributed by atoms with van der Waals surface area (Å²) in [7, 11) is 1.62. The second kappa shape index (κ2) is 5.85. The molecule has 1 rings (SSSR count). The number of aromatic carboxylic acids is 1. The number of nitro benzene ring substituents is 1. The number of nitrogens with zero attached hydrogens (tertiary/aromatic N) is 2. The number of carbonyl (C=O) groups is 1. The minimum atomic E-state index is -1.45. The predicted molar refractivity (Wildman–Crippen MR) is 72.7 cm³/mol. The van der Waals surface area contributed by atoms with Crippen LogP contribution in [0.15, 0.2) is 12.1 Å². The van der Waals surface area contributed by atoms with Gasteiger partial charge in [0.15, 0.2) is 0 Å². The van der Waals surface area contributed by atoms with Crippen LogP contribution in [0.2, 0.25) is 0 Å². The summed E-state index contributed by atoms with van der Waals surface area (Å²) in [5, 5.41) is 19.9. The quantitative estimate of drug-likeness (QED) is 0.664. The standard InChI is InChI=1S/C13H17FN2O4/c1-7(2)8(3)15(4)11-5-9(13(17)18)10(14)6-12(11)16(19)20/h5-8H,1-4H3,(H,17,18). The molecule has 0 fully saturated rings. The summed E-state index contributed by atoms with van der Waals surface area (Å²) in [5.74, 6) is -2.37. The van der Waals surface area contributed by atoms with E-state index >= 15 is 0 Å². The second-order valence-corrected chi connectivity index (χ2v) is 4.98. The van der Waals surface area contributed by atoms with E-state index in [0.29, 0.717) is 6.07 Å². The Morgan fingerprint density at radius 3 is 2.35 bits per heavy atom. The maximum absolute atomic E-state index is 13.6. The highest BCUT2D eigenvalue weighted by molar-refractivity contribution is 5.90. The first-order valence-corrected chi connectivity index (χ1v) is 6.10. The topological polar surface area (TPSA) is 83.7 Å². The van der Waals surface area contributed by atoms with E-state index in [1.807, 2.05) is 20.8 Å². The van der Waals surface area contributed by atoms with Gasteiger partial charge in [-0.25, -0.2) is 9.18 Å². The lowest BCUT2D eigenvalue weighted by atomic mass is 10.0.